The average molecular weight is 463 g/mol. The van der Waals surface area contributed by atoms with Gasteiger partial charge in [-0.15, -0.1) is 5.10 Å². The number of benzene rings is 1. The molecular formula is C25H30N6O3. The zero-order valence-electron chi connectivity index (χ0n) is 19.8. The van der Waals surface area contributed by atoms with Crippen molar-refractivity contribution in [1.29, 1.82) is 0 Å². The van der Waals surface area contributed by atoms with Crippen molar-refractivity contribution in [2.45, 2.75) is 33.7 Å². The van der Waals surface area contributed by atoms with Gasteiger partial charge in [0, 0.05) is 35.4 Å². The lowest BCUT2D eigenvalue weighted by molar-refractivity contribution is 0.0441. The van der Waals surface area contributed by atoms with Crippen LogP contribution in [0.25, 0.3) is 16.9 Å². The van der Waals surface area contributed by atoms with Gasteiger partial charge in [-0.3, -0.25) is 4.79 Å². The second kappa shape index (κ2) is 11.0. The Balaban J connectivity index is 1.33. The number of anilines is 1. The number of aryl methyl sites for hydroxylation is 2. The van der Waals surface area contributed by atoms with Crippen molar-refractivity contribution in [3.05, 3.63) is 65.7 Å². The van der Waals surface area contributed by atoms with Crippen LogP contribution in [0.4, 0.5) is 5.69 Å². The number of ether oxygens (including phenoxy) is 2. The Bertz CT molecular complexity index is 1250. The van der Waals surface area contributed by atoms with E-state index in [1.165, 1.54) is 0 Å². The molecule has 0 unspecified atom stereocenters. The first-order valence-electron chi connectivity index (χ1n) is 11.5. The van der Waals surface area contributed by atoms with E-state index in [0.29, 0.717) is 43.3 Å². The first-order valence-corrected chi connectivity index (χ1v) is 11.5. The zero-order valence-corrected chi connectivity index (χ0v) is 19.8. The van der Waals surface area contributed by atoms with Gasteiger partial charge in [-0.1, -0.05) is 24.3 Å². The summed E-state index contributed by atoms with van der Waals surface area (Å²) in [6, 6.07) is 11.3. The molecule has 9 heteroatoms. The van der Waals surface area contributed by atoms with Gasteiger partial charge in [-0.2, -0.15) is 0 Å². The minimum atomic E-state index is -0.196. The fourth-order valence-corrected chi connectivity index (χ4v) is 3.66. The van der Waals surface area contributed by atoms with Crippen molar-refractivity contribution >= 4 is 17.2 Å². The van der Waals surface area contributed by atoms with Gasteiger partial charge in [0.25, 0.3) is 5.91 Å². The molecule has 178 valence electrons. The molecule has 0 atom stereocenters. The lowest BCUT2D eigenvalue weighted by Crippen LogP contribution is -2.12. The van der Waals surface area contributed by atoms with Gasteiger partial charge in [-0.05, 0) is 44.5 Å². The number of aromatic nitrogens is 5. The highest BCUT2D eigenvalue weighted by atomic mass is 16.5. The van der Waals surface area contributed by atoms with E-state index >= 15 is 0 Å². The molecule has 0 aliphatic rings. The molecule has 3 heterocycles. The summed E-state index contributed by atoms with van der Waals surface area (Å²) in [5.41, 5.74) is 5.48. The molecule has 0 saturated heterocycles. The quantitative estimate of drug-likeness (QED) is 0.340. The van der Waals surface area contributed by atoms with Crippen LogP contribution < -0.4 is 5.32 Å². The van der Waals surface area contributed by atoms with Crippen LogP contribution in [-0.4, -0.2) is 56.7 Å². The van der Waals surface area contributed by atoms with Crippen LogP contribution in [0.3, 0.4) is 0 Å². The monoisotopic (exact) mass is 462 g/mol. The molecule has 0 saturated carbocycles. The van der Waals surface area contributed by atoms with E-state index < -0.39 is 0 Å². The SMILES string of the molecule is CCCOCCOCCn1cc(-c2ccc(NC(=O)c3ccn4c(C)cc(C)nc34)cc2)nn1. The van der Waals surface area contributed by atoms with Crippen molar-refractivity contribution in [1.82, 2.24) is 24.4 Å². The summed E-state index contributed by atoms with van der Waals surface area (Å²) >= 11 is 0. The van der Waals surface area contributed by atoms with Crippen molar-refractivity contribution in [2.24, 2.45) is 0 Å². The number of carbonyl (C=O) groups is 1. The van der Waals surface area contributed by atoms with E-state index in [9.17, 15) is 4.79 Å². The molecule has 4 aromatic rings. The number of hydrogen-bond donors (Lipinski definition) is 1. The van der Waals surface area contributed by atoms with Gasteiger partial charge in [-0.25, -0.2) is 9.67 Å². The van der Waals surface area contributed by atoms with E-state index in [2.05, 4.69) is 27.5 Å². The third kappa shape index (κ3) is 5.67. The van der Waals surface area contributed by atoms with Gasteiger partial charge >= 0.3 is 0 Å². The summed E-state index contributed by atoms with van der Waals surface area (Å²) in [4.78, 5) is 17.4. The number of carbonyl (C=O) groups excluding carboxylic acids is 1. The minimum absolute atomic E-state index is 0.196. The highest BCUT2D eigenvalue weighted by Gasteiger charge is 2.14. The third-order valence-electron chi connectivity index (χ3n) is 5.35. The Morgan fingerprint density at radius 1 is 1.03 bits per heavy atom. The maximum atomic E-state index is 12.9. The van der Waals surface area contributed by atoms with E-state index in [1.807, 2.05) is 61.0 Å². The highest BCUT2D eigenvalue weighted by molar-refractivity contribution is 6.08. The molecule has 0 spiro atoms. The fraction of sp³-hybridized carbons (Fsp3) is 0.360. The number of hydrogen-bond acceptors (Lipinski definition) is 6. The molecule has 0 bridgehead atoms. The standard InChI is InChI=1S/C25H30N6O3/c1-4-12-33-14-15-34-13-11-30-17-23(28-29-30)20-5-7-21(8-6-20)27-25(32)22-9-10-31-19(3)16-18(2)26-24(22)31/h5-10,16-17H,4,11-15H2,1-3H3,(H,27,32). The van der Waals surface area contributed by atoms with E-state index in [4.69, 9.17) is 9.47 Å². The van der Waals surface area contributed by atoms with Crippen molar-refractivity contribution in [3.8, 4) is 11.3 Å². The molecule has 4 rings (SSSR count). The maximum Gasteiger partial charge on any atom is 0.259 e. The van der Waals surface area contributed by atoms with Crippen molar-refractivity contribution < 1.29 is 14.3 Å². The van der Waals surface area contributed by atoms with Crippen LogP contribution in [0.1, 0.15) is 35.1 Å². The Labute approximate surface area is 198 Å². The lowest BCUT2D eigenvalue weighted by Gasteiger charge is -2.07. The first-order chi connectivity index (χ1) is 16.5. The molecule has 0 aliphatic heterocycles. The molecule has 0 fully saturated rings. The second-order valence-corrected chi connectivity index (χ2v) is 8.09. The van der Waals surface area contributed by atoms with E-state index in [1.54, 1.807) is 10.7 Å². The van der Waals surface area contributed by atoms with E-state index in [-0.39, 0.29) is 5.91 Å². The van der Waals surface area contributed by atoms with Gasteiger partial charge in [0.1, 0.15) is 11.3 Å². The van der Waals surface area contributed by atoms with Crippen molar-refractivity contribution in [2.75, 3.05) is 31.7 Å². The van der Waals surface area contributed by atoms with Gasteiger partial charge in [0.05, 0.1) is 38.1 Å². The fourth-order valence-electron chi connectivity index (χ4n) is 3.66. The number of rotatable bonds is 11. The number of fused-ring (bicyclic) bond motifs is 1. The van der Waals surface area contributed by atoms with Crippen LogP contribution in [0.15, 0.2) is 48.8 Å². The molecule has 34 heavy (non-hydrogen) atoms. The summed E-state index contributed by atoms with van der Waals surface area (Å²) in [5, 5.41) is 11.4. The van der Waals surface area contributed by atoms with Crippen molar-refractivity contribution in [3.63, 3.8) is 0 Å². The van der Waals surface area contributed by atoms with Crippen LogP contribution in [-0.2, 0) is 16.0 Å². The van der Waals surface area contributed by atoms with Gasteiger partial charge in [0.15, 0.2) is 0 Å². The third-order valence-corrected chi connectivity index (χ3v) is 5.35. The van der Waals surface area contributed by atoms with Crippen LogP contribution in [0.2, 0.25) is 0 Å². The molecule has 3 aromatic heterocycles. The first kappa shape index (κ1) is 23.6. The number of nitrogens with one attached hydrogen (secondary N) is 1. The Kier molecular flexibility index (Phi) is 7.66. The lowest BCUT2D eigenvalue weighted by atomic mass is 10.1. The maximum absolute atomic E-state index is 12.9. The predicted octanol–water partition coefficient (Wildman–Crippen LogP) is 3.91. The molecule has 1 N–H and O–H groups in total. The molecule has 0 aliphatic carbocycles. The zero-order chi connectivity index (χ0) is 23.9. The Hall–Kier alpha value is -3.56. The summed E-state index contributed by atoms with van der Waals surface area (Å²) in [6.07, 6.45) is 4.76. The molecule has 0 radical (unpaired) electrons. The second-order valence-electron chi connectivity index (χ2n) is 8.09. The number of nitrogens with zero attached hydrogens (tertiary/aromatic N) is 5. The summed E-state index contributed by atoms with van der Waals surface area (Å²) in [7, 11) is 0. The molecule has 1 aromatic carbocycles. The average Bonchev–Trinajstić information content (AvgIpc) is 3.46. The van der Waals surface area contributed by atoms with Crippen LogP contribution in [0.5, 0.6) is 0 Å². The smallest absolute Gasteiger partial charge is 0.259 e. The van der Waals surface area contributed by atoms with Gasteiger partial charge in [0.2, 0.25) is 0 Å². The topological polar surface area (TPSA) is 95.6 Å². The molecule has 1 amide bonds. The van der Waals surface area contributed by atoms with Crippen LogP contribution in [0, 0.1) is 13.8 Å². The Morgan fingerprint density at radius 3 is 2.56 bits per heavy atom. The summed E-state index contributed by atoms with van der Waals surface area (Å²) in [6.45, 7) is 9.11. The highest BCUT2D eigenvalue weighted by Crippen LogP contribution is 2.21. The molecular weight excluding hydrogens is 432 g/mol. The largest absolute Gasteiger partial charge is 0.379 e. The van der Waals surface area contributed by atoms with E-state index in [0.717, 1.165) is 35.7 Å². The minimum Gasteiger partial charge on any atom is -0.379 e. The summed E-state index contributed by atoms with van der Waals surface area (Å²) in [5.74, 6) is -0.196. The number of amides is 1. The van der Waals surface area contributed by atoms with Gasteiger partial charge < -0.3 is 19.2 Å². The molecule has 9 nitrogen and oxygen atoms in total. The summed E-state index contributed by atoms with van der Waals surface area (Å²) < 4.78 is 14.6. The Morgan fingerprint density at radius 2 is 1.79 bits per heavy atom. The normalized spacial score (nSPS) is 11.3. The predicted molar refractivity (Wildman–Crippen MR) is 130 cm³/mol. The van der Waals surface area contributed by atoms with Crippen LogP contribution >= 0.6 is 0 Å².